The maximum atomic E-state index is 11.9. The van der Waals surface area contributed by atoms with Gasteiger partial charge >= 0.3 is 5.97 Å². The van der Waals surface area contributed by atoms with Crippen molar-refractivity contribution in [1.29, 1.82) is 0 Å². The van der Waals surface area contributed by atoms with E-state index in [9.17, 15) is 9.59 Å². The molecular weight excluding hydrogens is 248 g/mol. The summed E-state index contributed by atoms with van der Waals surface area (Å²) in [6, 6.07) is 2.35. The molecule has 1 unspecified atom stereocenters. The highest BCUT2D eigenvalue weighted by molar-refractivity contribution is 6.08. The molecule has 0 fully saturated rings. The molecule has 0 saturated heterocycles. The lowest BCUT2D eigenvalue weighted by atomic mass is 10.1. The van der Waals surface area contributed by atoms with Crippen LogP contribution in [0, 0.1) is 13.8 Å². The van der Waals surface area contributed by atoms with Gasteiger partial charge in [0.2, 0.25) is 0 Å². The van der Waals surface area contributed by atoms with Crippen LogP contribution in [0.5, 0.6) is 5.75 Å². The first-order valence-corrected chi connectivity index (χ1v) is 5.76. The Balaban J connectivity index is 3.05. The summed E-state index contributed by atoms with van der Waals surface area (Å²) in [5.41, 5.74) is 2.28. The minimum Gasteiger partial charge on any atom is -0.494 e. The lowest BCUT2D eigenvalue weighted by Gasteiger charge is -2.16. The second-order valence-electron chi connectivity index (χ2n) is 4.21. The van der Waals surface area contributed by atoms with Gasteiger partial charge in [0.1, 0.15) is 5.75 Å². The third-order valence-electron chi connectivity index (χ3n) is 2.68. The van der Waals surface area contributed by atoms with Crippen molar-refractivity contribution in [2.45, 2.75) is 19.9 Å². The summed E-state index contributed by atoms with van der Waals surface area (Å²) in [7, 11) is 2.91. The summed E-state index contributed by atoms with van der Waals surface area (Å²) in [5, 5.41) is 13.9. The van der Waals surface area contributed by atoms with Crippen LogP contribution in [0.25, 0.3) is 0 Å². The van der Waals surface area contributed by atoms with E-state index in [0.717, 1.165) is 11.1 Å². The number of hydrogen-bond acceptors (Lipinski definition) is 4. The second kappa shape index (κ2) is 6.19. The van der Waals surface area contributed by atoms with E-state index in [0.29, 0.717) is 11.4 Å². The molecule has 1 aromatic rings. The zero-order valence-electron chi connectivity index (χ0n) is 11.4. The first-order chi connectivity index (χ1) is 8.90. The van der Waals surface area contributed by atoms with Crippen LogP contribution in [-0.2, 0) is 9.59 Å². The molecule has 6 nitrogen and oxygen atoms in total. The lowest BCUT2D eigenvalue weighted by molar-refractivity contribution is -0.142. The number of rotatable bonds is 5. The van der Waals surface area contributed by atoms with Gasteiger partial charge in [0.05, 0.1) is 12.8 Å². The first kappa shape index (κ1) is 15.0. The number of ether oxygens (including phenoxy) is 1. The topological polar surface area (TPSA) is 87.7 Å². The number of carbonyl (C=O) groups excluding carboxylic acids is 1. The molecule has 3 N–H and O–H groups in total. The molecule has 19 heavy (non-hydrogen) atoms. The Labute approximate surface area is 111 Å². The fraction of sp³-hybridized carbons (Fsp3) is 0.385. The van der Waals surface area contributed by atoms with Crippen molar-refractivity contribution >= 4 is 17.6 Å². The standard InChI is InChI=1S/C13H18N2O4/c1-7-5-8(2)11(19-4)9(6-7)15-12(16)10(14-3)13(17)18/h5-6,10,14H,1-4H3,(H,15,16)(H,17,18). The number of carboxylic acid groups (broad SMARTS) is 1. The van der Waals surface area contributed by atoms with Gasteiger partial charge in [-0.1, -0.05) is 6.07 Å². The number of nitrogens with one attached hydrogen (secondary N) is 2. The smallest absolute Gasteiger partial charge is 0.330 e. The fourth-order valence-electron chi connectivity index (χ4n) is 1.89. The number of likely N-dealkylation sites (N-methyl/N-ethyl adjacent to an activating group) is 1. The average molecular weight is 266 g/mol. The van der Waals surface area contributed by atoms with Crippen molar-refractivity contribution in [2.75, 3.05) is 19.5 Å². The van der Waals surface area contributed by atoms with Crippen LogP contribution in [0.1, 0.15) is 11.1 Å². The van der Waals surface area contributed by atoms with E-state index < -0.39 is 17.9 Å². The Kier molecular flexibility index (Phi) is 4.88. The second-order valence-corrected chi connectivity index (χ2v) is 4.21. The van der Waals surface area contributed by atoms with E-state index >= 15 is 0 Å². The van der Waals surface area contributed by atoms with Gasteiger partial charge in [-0.25, -0.2) is 4.79 Å². The van der Waals surface area contributed by atoms with E-state index in [1.807, 2.05) is 19.9 Å². The molecule has 0 aliphatic carbocycles. The number of benzene rings is 1. The van der Waals surface area contributed by atoms with Crippen molar-refractivity contribution < 1.29 is 19.4 Å². The van der Waals surface area contributed by atoms with Gasteiger partial charge in [0.15, 0.2) is 6.04 Å². The molecule has 0 aliphatic rings. The zero-order chi connectivity index (χ0) is 14.6. The maximum absolute atomic E-state index is 11.9. The molecule has 0 saturated carbocycles. The maximum Gasteiger partial charge on any atom is 0.330 e. The van der Waals surface area contributed by atoms with Crippen LogP contribution in [0.3, 0.4) is 0 Å². The Hall–Kier alpha value is -2.08. The van der Waals surface area contributed by atoms with Gasteiger partial charge < -0.3 is 15.2 Å². The summed E-state index contributed by atoms with van der Waals surface area (Å²) in [6.45, 7) is 3.74. The third-order valence-corrected chi connectivity index (χ3v) is 2.68. The van der Waals surface area contributed by atoms with Gasteiger partial charge in [-0.05, 0) is 38.1 Å². The Morgan fingerprint density at radius 3 is 2.42 bits per heavy atom. The molecule has 1 amide bonds. The quantitative estimate of drug-likeness (QED) is 0.690. The summed E-state index contributed by atoms with van der Waals surface area (Å²) in [6.07, 6.45) is 0. The average Bonchev–Trinajstić information content (AvgIpc) is 2.28. The van der Waals surface area contributed by atoms with Crippen LogP contribution in [0.15, 0.2) is 12.1 Å². The minimum absolute atomic E-state index is 0.464. The SMILES string of the molecule is CNC(C(=O)O)C(=O)Nc1cc(C)cc(C)c1OC. The van der Waals surface area contributed by atoms with Crippen LogP contribution >= 0.6 is 0 Å². The molecule has 0 aromatic heterocycles. The molecule has 104 valence electrons. The normalized spacial score (nSPS) is 11.8. The first-order valence-electron chi connectivity index (χ1n) is 5.76. The van der Waals surface area contributed by atoms with E-state index in [4.69, 9.17) is 9.84 Å². The van der Waals surface area contributed by atoms with Crippen molar-refractivity contribution in [2.24, 2.45) is 0 Å². The van der Waals surface area contributed by atoms with Crippen molar-refractivity contribution in [3.63, 3.8) is 0 Å². The number of hydrogen-bond donors (Lipinski definition) is 3. The van der Waals surface area contributed by atoms with Crippen LogP contribution < -0.4 is 15.4 Å². The Morgan fingerprint density at radius 1 is 1.32 bits per heavy atom. The molecular formula is C13H18N2O4. The highest BCUT2D eigenvalue weighted by Gasteiger charge is 2.25. The fourth-order valence-corrected chi connectivity index (χ4v) is 1.89. The van der Waals surface area contributed by atoms with Crippen LogP contribution in [0.4, 0.5) is 5.69 Å². The number of anilines is 1. The zero-order valence-corrected chi connectivity index (χ0v) is 11.4. The highest BCUT2D eigenvalue weighted by Crippen LogP contribution is 2.29. The molecule has 6 heteroatoms. The third kappa shape index (κ3) is 3.45. The summed E-state index contributed by atoms with van der Waals surface area (Å²) in [5.74, 6) is -1.35. The predicted molar refractivity (Wildman–Crippen MR) is 71.6 cm³/mol. The van der Waals surface area contributed by atoms with Crippen molar-refractivity contribution in [3.05, 3.63) is 23.3 Å². The minimum atomic E-state index is -1.30. The van der Waals surface area contributed by atoms with Crippen molar-refractivity contribution in [1.82, 2.24) is 5.32 Å². The molecule has 0 aliphatic heterocycles. The van der Waals surface area contributed by atoms with Gasteiger partial charge in [-0.15, -0.1) is 0 Å². The van der Waals surface area contributed by atoms with Crippen LogP contribution in [-0.4, -0.2) is 37.2 Å². The Morgan fingerprint density at radius 2 is 1.95 bits per heavy atom. The molecule has 1 atom stereocenters. The molecule has 1 rings (SSSR count). The summed E-state index contributed by atoms with van der Waals surface area (Å²) in [4.78, 5) is 22.8. The lowest BCUT2D eigenvalue weighted by Crippen LogP contribution is -2.44. The molecule has 0 radical (unpaired) electrons. The number of aliphatic carboxylic acids is 1. The van der Waals surface area contributed by atoms with Gasteiger partial charge in [0, 0.05) is 0 Å². The molecule has 0 heterocycles. The Bertz CT molecular complexity index is 500. The number of aryl methyl sites for hydroxylation is 2. The number of methoxy groups -OCH3 is 1. The number of carboxylic acids is 1. The summed E-state index contributed by atoms with van der Waals surface area (Å²) < 4.78 is 5.22. The highest BCUT2D eigenvalue weighted by atomic mass is 16.5. The number of amides is 1. The summed E-state index contributed by atoms with van der Waals surface area (Å²) >= 11 is 0. The van der Waals surface area contributed by atoms with E-state index in [1.54, 1.807) is 6.07 Å². The molecule has 1 aromatic carbocycles. The monoisotopic (exact) mass is 266 g/mol. The van der Waals surface area contributed by atoms with Gasteiger partial charge in [-0.3, -0.25) is 10.1 Å². The largest absolute Gasteiger partial charge is 0.494 e. The van der Waals surface area contributed by atoms with Crippen LogP contribution in [0.2, 0.25) is 0 Å². The molecule has 0 spiro atoms. The number of carbonyl (C=O) groups is 2. The van der Waals surface area contributed by atoms with Crippen molar-refractivity contribution in [3.8, 4) is 5.75 Å². The van der Waals surface area contributed by atoms with Gasteiger partial charge in [0.25, 0.3) is 5.91 Å². The molecule has 0 bridgehead atoms. The predicted octanol–water partition coefficient (Wildman–Crippen LogP) is 0.923. The van der Waals surface area contributed by atoms with E-state index in [1.165, 1.54) is 14.2 Å². The van der Waals surface area contributed by atoms with Gasteiger partial charge in [-0.2, -0.15) is 0 Å². The van der Waals surface area contributed by atoms with E-state index in [2.05, 4.69) is 10.6 Å². The van der Waals surface area contributed by atoms with E-state index in [-0.39, 0.29) is 0 Å².